The van der Waals surface area contributed by atoms with Crippen LogP contribution in [-0.4, -0.2) is 23.6 Å². The van der Waals surface area contributed by atoms with Crippen molar-refractivity contribution in [1.29, 1.82) is 5.26 Å². The summed E-state index contributed by atoms with van der Waals surface area (Å²) in [5.41, 5.74) is 5.07. The summed E-state index contributed by atoms with van der Waals surface area (Å²) < 4.78 is 14.1. The Morgan fingerprint density at radius 1 is 1.22 bits per heavy atom. The minimum Gasteiger partial charge on any atom is -0.352 e. The molecular weight excluding hydrogens is 355 g/mol. The predicted octanol–water partition coefficient (Wildman–Crippen LogP) is 2.31. The van der Waals surface area contributed by atoms with Gasteiger partial charge in [0.2, 0.25) is 5.91 Å². The first kappa shape index (κ1) is 19.8. The van der Waals surface area contributed by atoms with Crippen molar-refractivity contribution >= 4 is 23.2 Å². The lowest BCUT2D eigenvalue weighted by Crippen LogP contribution is -2.27. The van der Waals surface area contributed by atoms with Gasteiger partial charge in [-0.1, -0.05) is 6.07 Å². The van der Waals surface area contributed by atoms with E-state index >= 15 is 0 Å². The molecule has 140 valence electrons. The lowest BCUT2D eigenvalue weighted by molar-refractivity contribution is -0.130. The number of carbonyl (C=O) groups excluding carboxylic acids is 2. The molecule has 0 radical (unpaired) electrons. The fourth-order valence-electron chi connectivity index (χ4n) is 2.15. The van der Waals surface area contributed by atoms with Crippen LogP contribution < -0.4 is 16.3 Å². The number of rotatable bonds is 7. The van der Waals surface area contributed by atoms with Crippen molar-refractivity contribution in [2.24, 2.45) is 0 Å². The average molecular weight is 372 g/mol. The fourth-order valence-corrected chi connectivity index (χ4v) is 2.15. The standard InChI is InChI=1S/C18H17FN4O4/c1-11-2-5-15(14(19)8-11)21-16-9-12(10-20)3-4-13(16)18(25)23-27-7-6-17(24)22-26/h2-5,8-9,21,26H,6-7H2,1H3,(H,22,24)(H,23,25). The summed E-state index contributed by atoms with van der Waals surface area (Å²) in [6.45, 7) is 1.58. The second-order valence-electron chi connectivity index (χ2n) is 5.55. The molecule has 2 amide bonds. The normalized spacial score (nSPS) is 10.0. The molecule has 0 aliphatic rings. The van der Waals surface area contributed by atoms with E-state index in [1.807, 2.05) is 6.07 Å². The second kappa shape index (κ2) is 9.28. The number of benzene rings is 2. The Morgan fingerprint density at radius 3 is 2.67 bits per heavy atom. The first-order valence-electron chi connectivity index (χ1n) is 7.87. The van der Waals surface area contributed by atoms with Crippen molar-refractivity contribution in [3.05, 3.63) is 58.9 Å². The minimum absolute atomic E-state index is 0.112. The highest BCUT2D eigenvalue weighted by Crippen LogP contribution is 2.25. The maximum absolute atomic E-state index is 14.1. The molecule has 0 saturated carbocycles. The van der Waals surface area contributed by atoms with Crippen molar-refractivity contribution in [3.63, 3.8) is 0 Å². The first-order valence-corrected chi connectivity index (χ1v) is 7.87. The highest BCUT2D eigenvalue weighted by molar-refractivity contribution is 6.00. The van der Waals surface area contributed by atoms with Crippen molar-refractivity contribution in [1.82, 2.24) is 11.0 Å². The van der Waals surface area contributed by atoms with E-state index in [9.17, 15) is 14.0 Å². The number of nitrogens with one attached hydrogen (secondary N) is 3. The lowest BCUT2D eigenvalue weighted by atomic mass is 10.1. The molecule has 0 bridgehead atoms. The summed E-state index contributed by atoms with van der Waals surface area (Å²) in [5.74, 6) is -1.83. The zero-order valence-electron chi connectivity index (χ0n) is 14.4. The molecule has 0 unspecified atom stereocenters. The molecule has 0 heterocycles. The van der Waals surface area contributed by atoms with Gasteiger partial charge in [-0.2, -0.15) is 5.26 Å². The maximum atomic E-state index is 14.1. The van der Waals surface area contributed by atoms with Gasteiger partial charge in [0, 0.05) is 0 Å². The van der Waals surface area contributed by atoms with E-state index in [1.54, 1.807) is 13.0 Å². The largest absolute Gasteiger partial charge is 0.352 e. The smallest absolute Gasteiger partial charge is 0.276 e. The van der Waals surface area contributed by atoms with Crippen molar-refractivity contribution < 1.29 is 24.0 Å². The van der Waals surface area contributed by atoms with Gasteiger partial charge in [0.05, 0.1) is 41.6 Å². The van der Waals surface area contributed by atoms with Gasteiger partial charge in [-0.05, 0) is 42.8 Å². The zero-order valence-corrected chi connectivity index (χ0v) is 14.4. The van der Waals surface area contributed by atoms with E-state index in [0.29, 0.717) is 0 Å². The summed E-state index contributed by atoms with van der Waals surface area (Å²) in [7, 11) is 0. The van der Waals surface area contributed by atoms with Crippen LogP contribution >= 0.6 is 0 Å². The Balaban J connectivity index is 2.17. The van der Waals surface area contributed by atoms with Gasteiger partial charge in [0.25, 0.3) is 5.91 Å². The van der Waals surface area contributed by atoms with Crippen LogP contribution in [0.15, 0.2) is 36.4 Å². The molecule has 2 aromatic rings. The fraction of sp³-hybridized carbons (Fsp3) is 0.167. The molecule has 27 heavy (non-hydrogen) atoms. The van der Waals surface area contributed by atoms with Crippen LogP contribution in [0.2, 0.25) is 0 Å². The minimum atomic E-state index is -0.667. The van der Waals surface area contributed by atoms with Crippen LogP contribution in [0.1, 0.15) is 27.9 Å². The molecule has 8 nitrogen and oxygen atoms in total. The third kappa shape index (κ3) is 5.50. The van der Waals surface area contributed by atoms with Gasteiger partial charge < -0.3 is 5.32 Å². The molecule has 0 saturated heterocycles. The van der Waals surface area contributed by atoms with E-state index in [0.717, 1.165) is 5.56 Å². The Morgan fingerprint density at radius 2 is 2.00 bits per heavy atom. The number of hydroxylamine groups is 2. The number of carbonyl (C=O) groups is 2. The average Bonchev–Trinajstić information content (AvgIpc) is 2.66. The molecule has 0 aliphatic carbocycles. The number of nitrogens with zero attached hydrogens (tertiary/aromatic N) is 1. The summed E-state index contributed by atoms with van der Waals surface area (Å²) >= 11 is 0. The highest BCUT2D eigenvalue weighted by atomic mass is 19.1. The van der Waals surface area contributed by atoms with Crippen LogP contribution in [0.3, 0.4) is 0 Å². The number of halogens is 1. The SMILES string of the molecule is Cc1ccc(Nc2cc(C#N)ccc2C(=O)NOCCC(=O)NO)c(F)c1. The molecule has 0 atom stereocenters. The molecule has 0 fully saturated rings. The predicted molar refractivity (Wildman–Crippen MR) is 93.5 cm³/mol. The van der Waals surface area contributed by atoms with Crippen molar-refractivity contribution in [3.8, 4) is 6.07 Å². The van der Waals surface area contributed by atoms with Gasteiger partial charge in [0.1, 0.15) is 5.82 Å². The molecule has 0 aliphatic heterocycles. The third-order valence-electron chi connectivity index (χ3n) is 3.51. The van der Waals surface area contributed by atoms with Crippen LogP contribution in [0, 0.1) is 24.1 Å². The quantitative estimate of drug-likeness (QED) is 0.336. The van der Waals surface area contributed by atoms with Crippen LogP contribution in [-0.2, 0) is 9.63 Å². The Kier molecular flexibility index (Phi) is 6.82. The monoisotopic (exact) mass is 372 g/mol. The molecule has 0 spiro atoms. The van der Waals surface area contributed by atoms with Crippen molar-refractivity contribution in [2.45, 2.75) is 13.3 Å². The summed E-state index contributed by atoms with van der Waals surface area (Å²) in [4.78, 5) is 28.1. The molecule has 0 aromatic heterocycles. The van der Waals surface area contributed by atoms with Gasteiger partial charge in [-0.25, -0.2) is 15.4 Å². The lowest BCUT2D eigenvalue weighted by Gasteiger charge is -2.13. The topological polar surface area (TPSA) is 123 Å². The van der Waals surface area contributed by atoms with E-state index in [2.05, 4.69) is 10.8 Å². The van der Waals surface area contributed by atoms with Crippen LogP contribution in [0.4, 0.5) is 15.8 Å². The van der Waals surface area contributed by atoms with E-state index < -0.39 is 17.6 Å². The van der Waals surface area contributed by atoms with Gasteiger partial charge in [0.15, 0.2) is 0 Å². The number of hydrogen-bond donors (Lipinski definition) is 4. The summed E-state index contributed by atoms with van der Waals surface area (Å²) in [5, 5.41) is 20.2. The van der Waals surface area contributed by atoms with Gasteiger partial charge in [-0.15, -0.1) is 0 Å². The number of aryl methyl sites for hydroxylation is 1. The van der Waals surface area contributed by atoms with Crippen LogP contribution in [0.5, 0.6) is 0 Å². The maximum Gasteiger partial charge on any atom is 0.276 e. The first-order chi connectivity index (χ1) is 12.9. The van der Waals surface area contributed by atoms with Crippen LogP contribution in [0.25, 0.3) is 0 Å². The van der Waals surface area contributed by atoms with Gasteiger partial charge in [-0.3, -0.25) is 19.6 Å². The van der Waals surface area contributed by atoms with Crippen molar-refractivity contribution in [2.75, 3.05) is 11.9 Å². The molecule has 2 aromatic carbocycles. The third-order valence-corrected chi connectivity index (χ3v) is 3.51. The number of amides is 2. The summed E-state index contributed by atoms with van der Waals surface area (Å²) in [6, 6.07) is 10.8. The Hall–Kier alpha value is -3.48. The number of anilines is 2. The Bertz CT molecular complexity index is 895. The van der Waals surface area contributed by atoms with E-state index in [1.165, 1.54) is 35.8 Å². The molecule has 2 rings (SSSR count). The highest BCUT2D eigenvalue weighted by Gasteiger charge is 2.14. The number of nitriles is 1. The molecular formula is C18H17FN4O4. The zero-order chi connectivity index (χ0) is 19.8. The van der Waals surface area contributed by atoms with Gasteiger partial charge >= 0.3 is 0 Å². The Labute approximate surface area is 154 Å². The summed E-state index contributed by atoms with van der Waals surface area (Å²) in [6.07, 6.45) is -0.163. The van der Waals surface area contributed by atoms with E-state index in [-0.39, 0.29) is 35.5 Å². The van der Waals surface area contributed by atoms with E-state index in [4.69, 9.17) is 15.3 Å². The number of hydrogen-bond acceptors (Lipinski definition) is 6. The molecule has 9 heteroatoms. The molecule has 4 N–H and O–H groups in total. The second-order valence-corrected chi connectivity index (χ2v) is 5.55.